The van der Waals surface area contributed by atoms with E-state index in [2.05, 4.69) is 25.2 Å². The monoisotopic (exact) mass is 470 g/mol. The second-order valence-corrected chi connectivity index (χ2v) is 8.81. The van der Waals surface area contributed by atoms with Crippen LogP contribution in [0.2, 0.25) is 0 Å². The Bertz CT molecular complexity index is 989. The van der Waals surface area contributed by atoms with Gasteiger partial charge in [-0.15, -0.1) is 0 Å². The number of nitrogen functional groups attached to an aromatic ring is 1. The van der Waals surface area contributed by atoms with Gasteiger partial charge in [-0.3, -0.25) is 0 Å². The minimum Gasteiger partial charge on any atom is -0.474 e. The Morgan fingerprint density at radius 3 is 2.65 bits per heavy atom. The highest BCUT2D eigenvalue weighted by Gasteiger charge is 2.37. The van der Waals surface area contributed by atoms with Gasteiger partial charge in [0.25, 0.3) is 0 Å². The van der Waals surface area contributed by atoms with Crippen molar-refractivity contribution in [3.63, 3.8) is 0 Å². The third-order valence-electron chi connectivity index (χ3n) is 6.44. The van der Waals surface area contributed by atoms with Gasteiger partial charge in [-0.1, -0.05) is 0 Å². The van der Waals surface area contributed by atoms with Crippen LogP contribution in [0.1, 0.15) is 19.3 Å². The first-order valence-electron chi connectivity index (χ1n) is 11.6. The molecule has 4 heterocycles. The Labute approximate surface area is 197 Å². The van der Waals surface area contributed by atoms with Gasteiger partial charge in [0, 0.05) is 69.7 Å². The molecule has 0 aromatic carbocycles. The maximum absolute atomic E-state index is 12.5. The summed E-state index contributed by atoms with van der Waals surface area (Å²) in [7, 11) is 1.83. The molecule has 3 aliphatic rings. The van der Waals surface area contributed by atoms with Crippen LogP contribution in [0.3, 0.4) is 0 Å². The van der Waals surface area contributed by atoms with E-state index >= 15 is 0 Å². The molecule has 0 spiro atoms. The smallest absolute Gasteiger partial charge is 0.317 e. The number of urea groups is 1. The highest BCUT2D eigenvalue weighted by Crippen LogP contribution is 2.31. The number of nitrogens with two attached hydrogens (primary N) is 1. The molecule has 1 atom stereocenters. The lowest BCUT2D eigenvalue weighted by molar-refractivity contribution is 0.0399. The molecule has 2 aliphatic heterocycles. The topological polar surface area (TPSA) is 141 Å². The zero-order valence-electron chi connectivity index (χ0n) is 19.2. The van der Waals surface area contributed by atoms with E-state index in [0.717, 1.165) is 24.8 Å². The molecular weight excluding hydrogens is 440 g/mol. The summed E-state index contributed by atoms with van der Waals surface area (Å²) in [5.41, 5.74) is 7.03. The van der Waals surface area contributed by atoms with Gasteiger partial charge < -0.3 is 35.1 Å². The quantitative estimate of drug-likeness (QED) is 0.619. The molecule has 182 valence electrons. The normalized spacial score (nSPS) is 24.4. The zero-order valence-corrected chi connectivity index (χ0v) is 19.2. The third kappa shape index (κ3) is 5.12. The lowest BCUT2D eigenvalue weighted by atomic mass is 9.88. The zero-order chi connectivity index (χ0) is 23.5. The molecule has 12 heteroatoms. The number of ether oxygens (including phenoxy) is 3. The molecule has 34 heavy (non-hydrogen) atoms. The van der Waals surface area contributed by atoms with Gasteiger partial charge in [0.1, 0.15) is 6.10 Å². The Morgan fingerprint density at radius 2 is 1.94 bits per heavy atom. The third-order valence-corrected chi connectivity index (χ3v) is 6.44. The fourth-order valence-corrected chi connectivity index (χ4v) is 4.21. The predicted octanol–water partition coefficient (Wildman–Crippen LogP) is 0.693. The Balaban J connectivity index is 1.25. The number of carbonyl (C=O) groups is 1. The molecular formula is C22H30N8O4. The summed E-state index contributed by atoms with van der Waals surface area (Å²) < 4.78 is 17.0. The van der Waals surface area contributed by atoms with Crippen LogP contribution in [0.4, 0.5) is 16.7 Å². The summed E-state index contributed by atoms with van der Waals surface area (Å²) in [6.45, 7) is 3.94. The molecule has 2 aromatic heterocycles. The van der Waals surface area contributed by atoms with E-state index in [9.17, 15) is 4.79 Å². The van der Waals surface area contributed by atoms with Crippen LogP contribution in [-0.2, 0) is 9.47 Å². The summed E-state index contributed by atoms with van der Waals surface area (Å²) in [5.74, 6) is 1.28. The SMILES string of the molecule is CN(C(=O)N[C@H]1CCOC1)C1CC(Oc2cc(-c3cnc(N)nc3)nc(N3CCOCC3)n2)C1. The van der Waals surface area contributed by atoms with E-state index in [1.807, 2.05) is 7.05 Å². The Kier molecular flexibility index (Phi) is 6.59. The van der Waals surface area contributed by atoms with E-state index in [1.165, 1.54) is 0 Å². The van der Waals surface area contributed by atoms with E-state index in [1.54, 1.807) is 23.4 Å². The molecule has 2 saturated heterocycles. The molecule has 1 aliphatic carbocycles. The van der Waals surface area contributed by atoms with Gasteiger partial charge >= 0.3 is 6.03 Å². The summed E-state index contributed by atoms with van der Waals surface area (Å²) in [6.07, 6.45) is 5.58. The lowest BCUT2D eigenvalue weighted by Crippen LogP contribution is -2.54. The number of nitrogens with zero attached hydrogens (tertiary/aromatic N) is 6. The van der Waals surface area contributed by atoms with Crippen molar-refractivity contribution < 1.29 is 19.0 Å². The molecule has 2 aromatic rings. The lowest BCUT2D eigenvalue weighted by Gasteiger charge is -2.40. The number of hydrogen-bond donors (Lipinski definition) is 2. The first kappa shape index (κ1) is 22.5. The van der Waals surface area contributed by atoms with Crippen LogP contribution >= 0.6 is 0 Å². The summed E-state index contributed by atoms with van der Waals surface area (Å²) in [6, 6.07) is 1.94. The second kappa shape index (κ2) is 9.94. The molecule has 3 N–H and O–H groups in total. The number of hydrogen-bond acceptors (Lipinski definition) is 10. The number of aromatic nitrogens is 4. The number of nitrogens with one attached hydrogen (secondary N) is 1. The van der Waals surface area contributed by atoms with Crippen molar-refractivity contribution >= 4 is 17.9 Å². The number of amides is 2. The van der Waals surface area contributed by atoms with Crippen molar-refractivity contribution in [2.75, 3.05) is 57.2 Å². The fourth-order valence-electron chi connectivity index (χ4n) is 4.21. The summed E-state index contributed by atoms with van der Waals surface area (Å²) in [5, 5.41) is 3.03. The highest BCUT2D eigenvalue weighted by atomic mass is 16.5. The molecule has 12 nitrogen and oxygen atoms in total. The molecule has 1 saturated carbocycles. The van der Waals surface area contributed by atoms with E-state index in [4.69, 9.17) is 24.9 Å². The number of rotatable bonds is 6. The van der Waals surface area contributed by atoms with Crippen molar-refractivity contribution in [3.8, 4) is 17.1 Å². The maximum Gasteiger partial charge on any atom is 0.317 e. The van der Waals surface area contributed by atoms with E-state index in [-0.39, 0.29) is 30.2 Å². The minimum atomic E-state index is -0.0683. The second-order valence-electron chi connectivity index (χ2n) is 8.81. The van der Waals surface area contributed by atoms with Crippen molar-refractivity contribution in [2.45, 2.75) is 37.5 Å². The van der Waals surface area contributed by atoms with Gasteiger partial charge in [0.2, 0.25) is 17.8 Å². The van der Waals surface area contributed by atoms with Gasteiger partial charge in [0.15, 0.2) is 0 Å². The first-order chi connectivity index (χ1) is 16.5. The predicted molar refractivity (Wildman–Crippen MR) is 123 cm³/mol. The van der Waals surface area contributed by atoms with Gasteiger partial charge in [0.05, 0.1) is 31.6 Å². The largest absolute Gasteiger partial charge is 0.474 e. The average molecular weight is 471 g/mol. The summed E-state index contributed by atoms with van der Waals surface area (Å²) >= 11 is 0. The van der Waals surface area contributed by atoms with Crippen LogP contribution in [0, 0.1) is 0 Å². The molecule has 0 unspecified atom stereocenters. The van der Waals surface area contributed by atoms with Crippen LogP contribution in [0.15, 0.2) is 18.5 Å². The van der Waals surface area contributed by atoms with Crippen LogP contribution in [0.25, 0.3) is 11.3 Å². The number of carbonyl (C=O) groups excluding carboxylic acids is 1. The van der Waals surface area contributed by atoms with Crippen molar-refractivity contribution in [2.24, 2.45) is 0 Å². The van der Waals surface area contributed by atoms with Crippen molar-refractivity contribution in [1.82, 2.24) is 30.2 Å². The fraction of sp³-hybridized carbons (Fsp3) is 0.591. The molecule has 3 fully saturated rings. The van der Waals surface area contributed by atoms with Crippen molar-refractivity contribution in [3.05, 3.63) is 18.5 Å². The molecule has 0 radical (unpaired) electrons. The average Bonchev–Trinajstić information content (AvgIpc) is 3.34. The molecule has 2 amide bonds. The van der Waals surface area contributed by atoms with Crippen LogP contribution < -0.4 is 20.7 Å². The van der Waals surface area contributed by atoms with Gasteiger partial charge in [-0.2, -0.15) is 4.98 Å². The van der Waals surface area contributed by atoms with E-state index in [0.29, 0.717) is 57.0 Å². The standard InChI is InChI=1S/C22H30N8O4/c1-29(22(31)26-15-2-5-33-13-15)16-8-17(9-16)34-19-10-18(14-11-24-20(23)25-12-14)27-21(28-19)30-3-6-32-7-4-30/h10-12,15-17H,2-9,13H2,1H3,(H,26,31)(H2,23,24,25)/t15-,16?,17?/m0/s1. The Hall–Kier alpha value is -3.25. The van der Waals surface area contributed by atoms with E-state index < -0.39 is 0 Å². The van der Waals surface area contributed by atoms with Crippen LogP contribution in [-0.4, -0.2) is 95.6 Å². The highest BCUT2D eigenvalue weighted by molar-refractivity contribution is 5.74. The first-order valence-corrected chi connectivity index (χ1v) is 11.6. The number of morpholine rings is 1. The van der Waals surface area contributed by atoms with Crippen molar-refractivity contribution in [1.29, 1.82) is 0 Å². The maximum atomic E-state index is 12.5. The summed E-state index contributed by atoms with van der Waals surface area (Å²) in [4.78, 5) is 33.9. The minimum absolute atomic E-state index is 0.0296. The van der Waals surface area contributed by atoms with Gasteiger partial charge in [-0.25, -0.2) is 19.7 Å². The molecule has 0 bridgehead atoms. The van der Waals surface area contributed by atoms with Crippen LogP contribution in [0.5, 0.6) is 5.88 Å². The number of anilines is 2. The Morgan fingerprint density at radius 1 is 1.18 bits per heavy atom. The molecule has 5 rings (SSSR count). The van der Waals surface area contributed by atoms with Gasteiger partial charge in [-0.05, 0) is 6.42 Å².